The topological polar surface area (TPSA) is 95.8 Å². The number of nitrogens with zero attached hydrogens (tertiary/aromatic N) is 2. The first-order chi connectivity index (χ1) is 13.1. The summed E-state index contributed by atoms with van der Waals surface area (Å²) in [7, 11) is 0. The predicted molar refractivity (Wildman–Crippen MR) is 104 cm³/mol. The molecule has 7 heteroatoms. The molecule has 0 saturated carbocycles. The number of fused-ring (bicyclic) bond motifs is 1. The quantitative estimate of drug-likeness (QED) is 0.504. The van der Waals surface area contributed by atoms with E-state index in [4.69, 9.17) is 4.42 Å². The summed E-state index contributed by atoms with van der Waals surface area (Å²) in [5.41, 5.74) is 5.75. The lowest BCUT2D eigenvalue weighted by atomic mass is 10.1. The van der Waals surface area contributed by atoms with Gasteiger partial charge in [-0.3, -0.25) is 5.10 Å². The summed E-state index contributed by atoms with van der Waals surface area (Å²) in [6.07, 6.45) is 1.69. The molecular weight excluding hydrogens is 342 g/mol. The minimum Gasteiger partial charge on any atom is -0.436 e. The van der Waals surface area contributed by atoms with Gasteiger partial charge in [-0.15, -0.1) is 0 Å². The Morgan fingerprint density at radius 1 is 1.22 bits per heavy atom. The molecule has 3 N–H and O–H groups in total. The summed E-state index contributed by atoms with van der Waals surface area (Å²) in [6.45, 7) is 4.44. The van der Waals surface area contributed by atoms with Gasteiger partial charge in [0.05, 0.1) is 17.5 Å². The van der Waals surface area contributed by atoms with Crippen molar-refractivity contribution in [3.63, 3.8) is 0 Å². The normalized spacial score (nSPS) is 10.9. The molecule has 4 aromatic rings. The van der Waals surface area contributed by atoms with Crippen molar-refractivity contribution in [3.8, 4) is 22.7 Å². The average Bonchev–Trinajstić information content (AvgIpc) is 3.28. The number of nitrogens with one attached hydrogen (secondary N) is 3. The van der Waals surface area contributed by atoms with Gasteiger partial charge < -0.3 is 15.1 Å². The van der Waals surface area contributed by atoms with Crippen LogP contribution in [0.3, 0.4) is 0 Å². The average molecular weight is 361 g/mol. The third-order valence-electron chi connectivity index (χ3n) is 4.16. The summed E-state index contributed by atoms with van der Waals surface area (Å²) in [5, 5.41) is 12.7. The van der Waals surface area contributed by atoms with E-state index in [0.29, 0.717) is 18.1 Å². The molecular formula is C20H19N5O2. The number of amides is 2. The third-order valence-corrected chi connectivity index (χ3v) is 4.16. The first kappa shape index (κ1) is 16.8. The Balaban J connectivity index is 1.70. The van der Waals surface area contributed by atoms with Gasteiger partial charge >= 0.3 is 6.03 Å². The Kier molecular flexibility index (Phi) is 4.33. The number of aromatic nitrogens is 3. The van der Waals surface area contributed by atoms with E-state index in [1.165, 1.54) is 0 Å². The summed E-state index contributed by atoms with van der Waals surface area (Å²) in [5.74, 6) is 0.501. The zero-order valence-electron chi connectivity index (χ0n) is 15.0. The molecule has 0 fully saturated rings. The van der Waals surface area contributed by atoms with Crippen LogP contribution in [-0.2, 0) is 0 Å². The minimum atomic E-state index is -0.242. The lowest BCUT2D eigenvalue weighted by Gasteiger charge is -2.07. The summed E-state index contributed by atoms with van der Waals surface area (Å²) in [4.78, 5) is 16.3. The molecule has 2 heterocycles. The highest BCUT2D eigenvalue weighted by atomic mass is 16.3. The zero-order valence-corrected chi connectivity index (χ0v) is 15.0. The van der Waals surface area contributed by atoms with Crippen LogP contribution in [0.1, 0.15) is 12.5 Å². The highest BCUT2D eigenvalue weighted by Crippen LogP contribution is 2.32. The van der Waals surface area contributed by atoms with Crippen molar-refractivity contribution in [3.05, 3.63) is 54.2 Å². The second kappa shape index (κ2) is 6.95. The van der Waals surface area contributed by atoms with Gasteiger partial charge in [-0.1, -0.05) is 18.2 Å². The van der Waals surface area contributed by atoms with Crippen molar-refractivity contribution in [1.82, 2.24) is 20.5 Å². The fraction of sp³-hybridized carbons (Fsp3) is 0.150. The minimum absolute atomic E-state index is 0.242. The second-order valence-corrected chi connectivity index (χ2v) is 6.21. The largest absolute Gasteiger partial charge is 0.436 e. The van der Waals surface area contributed by atoms with Crippen LogP contribution in [0.5, 0.6) is 0 Å². The van der Waals surface area contributed by atoms with Crippen molar-refractivity contribution in [2.75, 3.05) is 11.9 Å². The third kappa shape index (κ3) is 3.39. The van der Waals surface area contributed by atoms with Crippen molar-refractivity contribution < 1.29 is 9.21 Å². The molecule has 0 spiro atoms. The van der Waals surface area contributed by atoms with E-state index in [0.717, 1.165) is 33.5 Å². The van der Waals surface area contributed by atoms with Crippen LogP contribution in [0.15, 0.2) is 53.1 Å². The number of urea groups is 1. The number of anilines is 1. The molecule has 0 bridgehead atoms. The molecule has 0 atom stereocenters. The van der Waals surface area contributed by atoms with Crippen LogP contribution in [0, 0.1) is 6.92 Å². The van der Waals surface area contributed by atoms with E-state index < -0.39 is 0 Å². The molecule has 4 rings (SSSR count). The first-order valence-corrected chi connectivity index (χ1v) is 8.70. The molecule has 2 aromatic carbocycles. The Hall–Kier alpha value is -3.61. The van der Waals surface area contributed by atoms with Gasteiger partial charge in [-0.05, 0) is 43.7 Å². The van der Waals surface area contributed by atoms with Gasteiger partial charge in [0, 0.05) is 17.8 Å². The lowest BCUT2D eigenvalue weighted by Crippen LogP contribution is -2.28. The maximum atomic E-state index is 11.8. The van der Waals surface area contributed by atoms with Crippen LogP contribution >= 0.6 is 0 Å². The van der Waals surface area contributed by atoms with Gasteiger partial charge in [0.2, 0.25) is 5.89 Å². The highest BCUT2D eigenvalue weighted by Gasteiger charge is 2.16. The van der Waals surface area contributed by atoms with Crippen molar-refractivity contribution in [2.24, 2.45) is 0 Å². The summed E-state index contributed by atoms with van der Waals surface area (Å²) < 4.78 is 5.93. The Morgan fingerprint density at radius 3 is 2.96 bits per heavy atom. The van der Waals surface area contributed by atoms with Crippen LogP contribution in [-0.4, -0.2) is 27.8 Å². The number of hydrogen-bond donors (Lipinski definition) is 3. The van der Waals surface area contributed by atoms with Gasteiger partial charge in [-0.25, -0.2) is 9.78 Å². The number of carbonyl (C=O) groups excluding carboxylic acids is 1. The Bertz CT molecular complexity index is 1110. The van der Waals surface area contributed by atoms with Crippen molar-refractivity contribution in [2.45, 2.75) is 13.8 Å². The fourth-order valence-electron chi connectivity index (χ4n) is 2.90. The Labute approximate surface area is 155 Å². The molecule has 136 valence electrons. The molecule has 7 nitrogen and oxygen atoms in total. The predicted octanol–water partition coefficient (Wildman–Crippen LogP) is 4.33. The molecule has 0 aliphatic carbocycles. The molecule has 0 saturated heterocycles. The first-order valence-electron chi connectivity index (χ1n) is 8.70. The van der Waals surface area contributed by atoms with Gasteiger partial charge in [-0.2, -0.15) is 5.10 Å². The molecule has 0 aliphatic rings. The van der Waals surface area contributed by atoms with Crippen LogP contribution in [0.25, 0.3) is 33.8 Å². The van der Waals surface area contributed by atoms with Crippen molar-refractivity contribution >= 4 is 22.8 Å². The molecule has 27 heavy (non-hydrogen) atoms. The number of rotatable bonds is 4. The SMILES string of the molecule is CCNC(=O)Nc1cccc(-c2[nH]ncc2-c2nc3ccc(C)cc3o2)c1. The van der Waals surface area contributed by atoms with Crippen LogP contribution in [0.4, 0.5) is 10.5 Å². The molecule has 0 radical (unpaired) electrons. The summed E-state index contributed by atoms with van der Waals surface area (Å²) >= 11 is 0. The number of oxazole rings is 1. The van der Waals surface area contributed by atoms with Gasteiger partial charge in [0.15, 0.2) is 5.58 Å². The lowest BCUT2D eigenvalue weighted by molar-refractivity contribution is 0.252. The second-order valence-electron chi connectivity index (χ2n) is 6.21. The van der Waals surface area contributed by atoms with Gasteiger partial charge in [0.1, 0.15) is 5.52 Å². The van der Waals surface area contributed by atoms with E-state index in [-0.39, 0.29) is 6.03 Å². The van der Waals surface area contributed by atoms with E-state index >= 15 is 0 Å². The number of aryl methyl sites for hydroxylation is 1. The highest BCUT2D eigenvalue weighted by molar-refractivity contribution is 5.90. The van der Waals surface area contributed by atoms with Crippen LogP contribution < -0.4 is 10.6 Å². The standard InChI is InChI=1S/C20H19N5O2/c1-3-21-20(26)23-14-6-4-5-13(10-14)18-15(11-22-25-18)19-24-16-8-7-12(2)9-17(16)27-19/h4-11H,3H2,1-2H3,(H,22,25)(H2,21,23,26). The number of benzene rings is 2. The number of carbonyl (C=O) groups is 1. The molecule has 0 aliphatic heterocycles. The van der Waals surface area contributed by atoms with Crippen LogP contribution in [0.2, 0.25) is 0 Å². The van der Waals surface area contributed by atoms with E-state index in [2.05, 4.69) is 25.8 Å². The van der Waals surface area contributed by atoms with E-state index in [1.54, 1.807) is 6.20 Å². The number of aromatic amines is 1. The molecule has 2 amide bonds. The zero-order chi connectivity index (χ0) is 18.8. The monoisotopic (exact) mass is 361 g/mol. The van der Waals surface area contributed by atoms with Gasteiger partial charge in [0.25, 0.3) is 0 Å². The molecule has 0 unspecified atom stereocenters. The summed E-state index contributed by atoms with van der Waals surface area (Å²) in [6, 6.07) is 13.2. The number of H-pyrrole nitrogens is 1. The maximum Gasteiger partial charge on any atom is 0.319 e. The van der Waals surface area contributed by atoms with E-state index in [9.17, 15) is 4.79 Å². The van der Waals surface area contributed by atoms with E-state index in [1.807, 2.05) is 56.3 Å². The maximum absolute atomic E-state index is 11.8. The van der Waals surface area contributed by atoms with Crippen molar-refractivity contribution in [1.29, 1.82) is 0 Å². The Morgan fingerprint density at radius 2 is 2.11 bits per heavy atom. The smallest absolute Gasteiger partial charge is 0.319 e. The fourth-order valence-corrected chi connectivity index (χ4v) is 2.90. The number of hydrogen-bond acceptors (Lipinski definition) is 4. The molecule has 2 aromatic heterocycles.